The summed E-state index contributed by atoms with van der Waals surface area (Å²) in [6, 6.07) is -1.34. The summed E-state index contributed by atoms with van der Waals surface area (Å²) in [5.41, 5.74) is 0. The molecule has 0 spiro atoms. The van der Waals surface area contributed by atoms with Gasteiger partial charge in [0.25, 0.3) is 0 Å². The normalized spacial score (nSPS) is 14.7. The van der Waals surface area contributed by atoms with Crippen molar-refractivity contribution >= 4 is 11.9 Å². The molecule has 0 rings (SSSR count). The van der Waals surface area contributed by atoms with Gasteiger partial charge in [0, 0.05) is 0 Å². The van der Waals surface area contributed by atoms with Gasteiger partial charge in [0.2, 0.25) is 0 Å². The second kappa shape index (κ2) is 5.53. The first kappa shape index (κ1) is 11.9. The van der Waals surface area contributed by atoms with E-state index in [-0.39, 0.29) is 0 Å². The second-order valence-electron chi connectivity index (χ2n) is 2.70. The minimum Gasteiger partial charge on any atom is -0.480 e. The SMILES string of the molecule is CCOC(=O)[C@H](C)N[C@@H](C)C(=O)O. The van der Waals surface area contributed by atoms with Crippen LogP contribution in [0.2, 0.25) is 0 Å². The third-order valence-electron chi connectivity index (χ3n) is 1.51. The number of aliphatic carboxylic acids is 1. The van der Waals surface area contributed by atoms with Crippen LogP contribution in [0.15, 0.2) is 0 Å². The van der Waals surface area contributed by atoms with E-state index >= 15 is 0 Å². The van der Waals surface area contributed by atoms with Crippen LogP contribution in [0.1, 0.15) is 20.8 Å². The minimum atomic E-state index is -0.990. The van der Waals surface area contributed by atoms with Crippen LogP contribution in [0.25, 0.3) is 0 Å². The van der Waals surface area contributed by atoms with Crippen LogP contribution in [-0.4, -0.2) is 35.7 Å². The number of esters is 1. The molecule has 0 bridgehead atoms. The van der Waals surface area contributed by atoms with Gasteiger partial charge in [0.15, 0.2) is 0 Å². The quantitative estimate of drug-likeness (QED) is 0.595. The van der Waals surface area contributed by atoms with E-state index in [1.165, 1.54) is 6.92 Å². The molecular weight excluding hydrogens is 174 g/mol. The van der Waals surface area contributed by atoms with E-state index in [1.54, 1.807) is 13.8 Å². The molecule has 0 saturated carbocycles. The predicted octanol–water partition coefficient (Wildman–Crippen LogP) is 0.000700. The molecule has 2 atom stereocenters. The number of carbonyl (C=O) groups excluding carboxylic acids is 1. The number of carboxylic acid groups (broad SMARTS) is 1. The zero-order valence-corrected chi connectivity index (χ0v) is 8.03. The zero-order chi connectivity index (χ0) is 10.4. The summed E-state index contributed by atoms with van der Waals surface area (Å²) in [7, 11) is 0. The molecule has 0 aliphatic rings. The van der Waals surface area contributed by atoms with E-state index in [0.29, 0.717) is 6.61 Å². The molecule has 0 aliphatic carbocycles. The Morgan fingerprint density at radius 3 is 2.31 bits per heavy atom. The highest BCUT2D eigenvalue weighted by Crippen LogP contribution is 1.91. The molecule has 5 nitrogen and oxygen atoms in total. The molecule has 2 N–H and O–H groups in total. The molecule has 0 amide bonds. The fourth-order valence-electron chi connectivity index (χ4n) is 0.782. The number of rotatable bonds is 5. The minimum absolute atomic E-state index is 0.298. The van der Waals surface area contributed by atoms with E-state index in [4.69, 9.17) is 5.11 Å². The number of carbonyl (C=O) groups is 2. The lowest BCUT2D eigenvalue weighted by atomic mass is 10.2. The Bertz CT molecular complexity index is 193. The molecule has 76 valence electrons. The Balaban J connectivity index is 3.92. The highest BCUT2D eigenvalue weighted by Gasteiger charge is 2.19. The van der Waals surface area contributed by atoms with E-state index in [0.717, 1.165) is 0 Å². The van der Waals surface area contributed by atoms with Gasteiger partial charge in [0.05, 0.1) is 6.61 Å². The highest BCUT2D eigenvalue weighted by atomic mass is 16.5. The summed E-state index contributed by atoms with van der Waals surface area (Å²) >= 11 is 0. The smallest absolute Gasteiger partial charge is 0.322 e. The number of hydrogen-bond acceptors (Lipinski definition) is 4. The molecule has 0 aromatic heterocycles. The Morgan fingerprint density at radius 2 is 1.92 bits per heavy atom. The molecule has 0 unspecified atom stereocenters. The summed E-state index contributed by atoms with van der Waals surface area (Å²) in [4.78, 5) is 21.4. The van der Waals surface area contributed by atoms with Crippen LogP contribution in [-0.2, 0) is 14.3 Å². The van der Waals surface area contributed by atoms with Gasteiger partial charge in [-0.3, -0.25) is 14.9 Å². The number of ether oxygens (including phenoxy) is 1. The Labute approximate surface area is 77.1 Å². The lowest BCUT2D eigenvalue weighted by Crippen LogP contribution is -2.44. The molecular formula is C8H15NO4. The summed E-state index contributed by atoms with van der Waals surface area (Å²) in [5.74, 6) is -1.42. The van der Waals surface area contributed by atoms with Gasteiger partial charge in [-0.15, -0.1) is 0 Å². The fraction of sp³-hybridized carbons (Fsp3) is 0.750. The molecule has 0 fully saturated rings. The number of hydrogen-bond donors (Lipinski definition) is 2. The predicted molar refractivity (Wildman–Crippen MR) is 46.3 cm³/mol. The van der Waals surface area contributed by atoms with Gasteiger partial charge >= 0.3 is 11.9 Å². The molecule has 0 saturated heterocycles. The summed E-state index contributed by atoms with van der Waals surface area (Å²) in [5, 5.41) is 11.1. The first-order chi connectivity index (χ1) is 5.99. The van der Waals surface area contributed by atoms with Crippen molar-refractivity contribution in [2.75, 3.05) is 6.61 Å². The Morgan fingerprint density at radius 1 is 1.38 bits per heavy atom. The maximum atomic E-state index is 11.0. The third-order valence-corrected chi connectivity index (χ3v) is 1.51. The molecule has 0 aromatic carbocycles. The number of nitrogens with one attached hydrogen (secondary N) is 1. The third kappa shape index (κ3) is 4.47. The van der Waals surface area contributed by atoms with Crippen LogP contribution >= 0.6 is 0 Å². The van der Waals surface area contributed by atoms with Crippen molar-refractivity contribution in [3.05, 3.63) is 0 Å². The van der Waals surface area contributed by atoms with Crippen molar-refractivity contribution < 1.29 is 19.4 Å². The average molecular weight is 189 g/mol. The molecule has 13 heavy (non-hydrogen) atoms. The van der Waals surface area contributed by atoms with Crippen molar-refractivity contribution in [1.29, 1.82) is 0 Å². The highest BCUT2D eigenvalue weighted by molar-refractivity contribution is 5.78. The molecule has 0 aromatic rings. The van der Waals surface area contributed by atoms with E-state index in [1.807, 2.05) is 0 Å². The van der Waals surface area contributed by atoms with E-state index in [2.05, 4.69) is 10.1 Å². The van der Waals surface area contributed by atoms with Crippen molar-refractivity contribution in [1.82, 2.24) is 5.32 Å². The largest absolute Gasteiger partial charge is 0.480 e. The summed E-state index contributed by atoms with van der Waals surface area (Å²) < 4.78 is 4.69. The van der Waals surface area contributed by atoms with Gasteiger partial charge < -0.3 is 9.84 Å². The van der Waals surface area contributed by atoms with Crippen molar-refractivity contribution in [3.63, 3.8) is 0 Å². The van der Waals surface area contributed by atoms with Crippen LogP contribution < -0.4 is 5.32 Å². The van der Waals surface area contributed by atoms with Crippen molar-refractivity contribution in [2.45, 2.75) is 32.9 Å². The van der Waals surface area contributed by atoms with Gasteiger partial charge in [-0.1, -0.05) is 0 Å². The molecule has 5 heteroatoms. The van der Waals surface area contributed by atoms with Gasteiger partial charge in [-0.2, -0.15) is 0 Å². The second-order valence-corrected chi connectivity index (χ2v) is 2.70. The van der Waals surface area contributed by atoms with Crippen LogP contribution in [0.5, 0.6) is 0 Å². The molecule has 0 heterocycles. The van der Waals surface area contributed by atoms with Crippen molar-refractivity contribution in [3.8, 4) is 0 Å². The average Bonchev–Trinajstić information content (AvgIpc) is 2.04. The standard InChI is InChI=1S/C8H15NO4/c1-4-13-8(12)6(3)9-5(2)7(10)11/h5-6,9H,4H2,1-3H3,(H,10,11)/t5-,6-/m0/s1. The van der Waals surface area contributed by atoms with Crippen LogP contribution in [0.4, 0.5) is 0 Å². The molecule has 0 aliphatic heterocycles. The Hall–Kier alpha value is -1.10. The topological polar surface area (TPSA) is 75.6 Å². The van der Waals surface area contributed by atoms with Gasteiger partial charge in [0.1, 0.15) is 12.1 Å². The lowest BCUT2D eigenvalue weighted by Gasteiger charge is -2.15. The first-order valence-electron chi connectivity index (χ1n) is 4.14. The van der Waals surface area contributed by atoms with E-state index < -0.39 is 24.0 Å². The van der Waals surface area contributed by atoms with Gasteiger partial charge in [-0.25, -0.2) is 0 Å². The van der Waals surface area contributed by atoms with Gasteiger partial charge in [-0.05, 0) is 20.8 Å². The Kier molecular flexibility index (Phi) is 5.06. The monoisotopic (exact) mass is 189 g/mol. The first-order valence-corrected chi connectivity index (χ1v) is 4.14. The van der Waals surface area contributed by atoms with Crippen molar-refractivity contribution in [2.24, 2.45) is 0 Å². The lowest BCUT2D eigenvalue weighted by molar-refractivity contribution is -0.146. The maximum Gasteiger partial charge on any atom is 0.322 e. The zero-order valence-electron chi connectivity index (χ0n) is 8.03. The maximum absolute atomic E-state index is 11.0. The van der Waals surface area contributed by atoms with Crippen LogP contribution in [0.3, 0.4) is 0 Å². The van der Waals surface area contributed by atoms with Crippen LogP contribution in [0, 0.1) is 0 Å². The summed E-state index contributed by atoms with van der Waals surface area (Å²) in [6.07, 6.45) is 0. The van der Waals surface area contributed by atoms with E-state index in [9.17, 15) is 9.59 Å². The number of carboxylic acids is 1. The molecule has 0 radical (unpaired) electrons. The summed E-state index contributed by atoms with van der Waals surface area (Å²) in [6.45, 7) is 5.03. The fourth-order valence-corrected chi connectivity index (χ4v) is 0.782.